The van der Waals surface area contributed by atoms with Gasteiger partial charge in [-0.3, -0.25) is 19.6 Å². The summed E-state index contributed by atoms with van der Waals surface area (Å²) in [6, 6.07) is 7.01. The number of hydrogen-bond acceptors (Lipinski definition) is 5. The Bertz CT molecular complexity index is 667. The average Bonchev–Trinajstić information content (AvgIpc) is 2.84. The van der Waals surface area contributed by atoms with Crippen molar-refractivity contribution in [2.24, 2.45) is 7.05 Å². The number of non-ortho nitro benzene ring substituents is 1. The zero-order valence-corrected chi connectivity index (χ0v) is 11.6. The van der Waals surface area contributed by atoms with Crippen LogP contribution in [0.4, 0.5) is 17.2 Å². The molecule has 0 aliphatic rings. The molecule has 1 unspecified atom stereocenters. The Morgan fingerprint density at radius 2 is 2.19 bits per heavy atom. The number of nitro groups is 1. The predicted octanol–water partition coefficient (Wildman–Crippen LogP) is 1.77. The number of carbonyl (C=O) groups excluding carboxylic acids is 1. The molecule has 0 saturated carbocycles. The van der Waals surface area contributed by atoms with Gasteiger partial charge in [0.1, 0.15) is 11.9 Å². The van der Waals surface area contributed by atoms with Crippen LogP contribution in [0.3, 0.4) is 0 Å². The van der Waals surface area contributed by atoms with Crippen molar-refractivity contribution in [2.75, 3.05) is 10.6 Å². The molecule has 0 spiro atoms. The molecule has 2 aromatic rings. The van der Waals surface area contributed by atoms with E-state index in [0.29, 0.717) is 11.5 Å². The van der Waals surface area contributed by atoms with Gasteiger partial charge < -0.3 is 10.6 Å². The highest BCUT2D eigenvalue weighted by Crippen LogP contribution is 2.17. The van der Waals surface area contributed by atoms with E-state index in [1.54, 1.807) is 37.0 Å². The maximum Gasteiger partial charge on any atom is 0.271 e. The summed E-state index contributed by atoms with van der Waals surface area (Å²) in [5.41, 5.74) is 0.307. The monoisotopic (exact) mass is 289 g/mol. The molecule has 8 nitrogen and oxygen atoms in total. The summed E-state index contributed by atoms with van der Waals surface area (Å²) < 4.78 is 1.62. The fraction of sp³-hybridized carbons (Fsp3) is 0.231. The molecule has 1 amide bonds. The van der Waals surface area contributed by atoms with Gasteiger partial charge in [-0.05, 0) is 13.0 Å². The van der Waals surface area contributed by atoms with Crippen LogP contribution >= 0.6 is 0 Å². The van der Waals surface area contributed by atoms with Crippen molar-refractivity contribution in [3.63, 3.8) is 0 Å². The van der Waals surface area contributed by atoms with Crippen LogP contribution < -0.4 is 10.6 Å². The first kappa shape index (κ1) is 14.5. The molecule has 1 aromatic heterocycles. The molecule has 21 heavy (non-hydrogen) atoms. The van der Waals surface area contributed by atoms with Crippen molar-refractivity contribution in [3.05, 3.63) is 46.6 Å². The minimum atomic E-state index is -0.529. The number of nitrogens with zero attached hydrogens (tertiary/aromatic N) is 3. The van der Waals surface area contributed by atoms with Crippen LogP contribution in [0.15, 0.2) is 36.5 Å². The van der Waals surface area contributed by atoms with Crippen LogP contribution in [0.2, 0.25) is 0 Å². The maximum absolute atomic E-state index is 12.0. The first-order valence-corrected chi connectivity index (χ1v) is 6.27. The van der Waals surface area contributed by atoms with E-state index in [2.05, 4.69) is 15.7 Å². The number of hydrogen-bond donors (Lipinski definition) is 2. The van der Waals surface area contributed by atoms with Gasteiger partial charge in [-0.15, -0.1) is 0 Å². The van der Waals surface area contributed by atoms with E-state index in [-0.39, 0.29) is 11.6 Å². The molecule has 1 aromatic carbocycles. The Balaban J connectivity index is 2.00. The Hall–Kier alpha value is -2.90. The highest BCUT2D eigenvalue weighted by molar-refractivity contribution is 5.96. The Kier molecular flexibility index (Phi) is 4.17. The van der Waals surface area contributed by atoms with E-state index >= 15 is 0 Å². The maximum atomic E-state index is 12.0. The molecule has 8 heteroatoms. The number of carbonyl (C=O) groups is 1. The second-order valence-electron chi connectivity index (χ2n) is 4.54. The third kappa shape index (κ3) is 3.78. The van der Waals surface area contributed by atoms with E-state index in [9.17, 15) is 14.9 Å². The summed E-state index contributed by atoms with van der Waals surface area (Å²) >= 11 is 0. The van der Waals surface area contributed by atoms with E-state index in [1.165, 1.54) is 18.2 Å². The summed E-state index contributed by atoms with van der Waals surface area (Å²) in [7, 11) is 1.78. The smallest absolute Gasteiger partial charge is 0.271 e. The number of amides is 1. The summed E-state index contributed by atoms with van der Waals surface area (Å²) in [4.78, 5) is 22.2. The highest BCUT2D eigenvalue weighted by atomic mass is 16.6. The van der Waals surface area contributed by atoms with Crippen molar-refractivity contribution >= 4 is 23.1 Å². The number of nitrogens with one attached hydrogen (secondary N) is 2. The van der Waals surface area contributed by atoms with Gasteiger partial charge >= 0.3 is 0 Å². The molecule has 0 aliphatic carbocycles. The van der Waals surface area contributed by atoms with Crippen LogP contribution in [0.25, 0.3) is 0 Å². The summed E-state index contributed by atoms with van der Waals surface area (Å²) in [5, 5.41) is 20.4. The lowest BCUT2D eigenvalue weighted by atomic mass is 10.2. The van der Waals surface area contributed by atoms with Gasteiger partial charge in [-0.1, -0.05) is 6.07 Å². The van der Waals surface area contributed by atoms with Crippen LogP contribution in [-0.2, 0) is 11.8 Å². The number of aryl methyl sites for hydroxylation is 1. The van der Waals surface area contributed by atoms with Crippen LogP contribution in [0, 0.1) is 10.1 Å². The third-order valence-corrected chi connectivity index (χ3v) is 2.80. The number of rotatable bonds is 5. The predicted molar refractivity (Wildman–Crippen MR) is 78.0 cm³/mol. The van der Waals surface area contributed by atoms with E-state index < -0.39 is 11.0 Å². The lowest BCUT2D eigenvalue weighted by Gasteiger charge is -2.13. The second-order valence-corrected chi connectivity index (χ2v) is 4.54. The third-order valence-electron chi connectivity index (χ3n) is 2.80. The number of benzene rings is 1. The normalized spacial score (nSPS) is 11.7. The number of anilines is 2. The lowest BCUT2D eigenvalue weighted by Crippen LogP contribution is -2.32. The Morgan fingerprint density at radius 1 is 1.43 bits per heavy atom. The zero-order valence-electron chi connectivity index (χ0n) is 11.6. The topological polar surface area (TPSA) is 102 Å². The van der Waals surface area contributed by atoms with Crippen molar-refractivity contribution in [1.82, 2.24) is 9.78 Å². The van der Waals surface area contributed by atoms with E-state index in [0.717, 1.165) is 0 Å². The molecular formula is C13H15N5O3. The Morgan fingerprint density at radius 3 is 2.81 bits per heavy atom. The molecule has 0 saturated heterocycles. The average molecular weight is 289 g/mol. The SMILES string of the molecule is CC(Nc1ccn(C)n1)C(=O)Nc1cccc([N+](=O)[O-])c1. The lowest BCUT2D eigenvalue weighted by molar-refractivity contribution is -0.384. The van der Waals surface area contributed by atoms with Crippen molar-refractivity contribution in [2.45, 2.75) is 13.0 Å². The highest BCUT2D eigenvalue weighted by Gasteiger charge is 2.15. The van der Waals surface area contributed by atoms with E-state index in [1.807, 2.05) is 0 Å². The molecule has 0 fully saturated rings. The molecule has 2 rings (SSSR count). The van der Waals surface area contributed by atoms with Gasteiger partial charge in [0.2, 0.25) is 5.91 Å². The van der Waals surface area contributed by atoms with Gasteiger partial charge in [0, 0.05) is 37.1 Å². The van der Waals surface area contributed by atoms with Crippen molar-refractivity contribution in [1.29, 1.82) is 0 Å². The molecule has 0 radical (unpaired) electrons. The van der Waals surface area contributed by atoms with Gasteiger partial charge in [-0.2, -0.15) is 5.10 Å². The fourth-order valence-corrected chi connectivity index (χ4v) is 1.73. The largest absolute Gasteiger partial charge is 0.357 e. The molecule has 1 atom stereocenters. The molecule has 0 aliphatic heterocycles. The summed E-state index contributed by atoms with van der Waals surface area (Å²) in [6.45, 7) is 1.68. The number of aromatic nitrogens is 2. The number of nitro benzene ring substituents is 1. The first-order chi connectivity index (χ1) is 9.95. The van der Waals surface area contributed by atoms with E-state index in [4.69, 9.17) is 0 Å². The standard InChI is InChI=1S/C13H15N5O3/c1-9(14-12-6-7-17(2)16-12)13(19)15-10-4-3-5-11(8-10)18(20)21/h3-9H,1-2H3,(H,14,16)(H,15,19). The van der Waals surface area contributed by atoms with Gasteiger partial charge in [0.25, 0.3) is 5.69 Å². The van der Waals surface area contributed by atoms with Crippen molar-refractivity contribution < 1.29 is 9.72 Å². The summed E-state index contributed by atoms with van der Waals surface area (Å²) in [6.07, 6.45) is 1.76. The zero-order chi connectivity index (χ0) is 15.4. The second kappa shape index (κ2) is 6.04. The van der Waals surface area contributed by atoms with Crippen LogP contribution in [0.1, 0.15) is 6.92 Å². The van der Waals surface area contributed by atoms with Crippen LogP contribution in [-0.4, -0.2) is 26.7 Å². The minimum absolute atomic E-state index is 0.0712. The quantitative estimate of drug-likeness (QED) is 0.645. The van der Waals surface area contributed by atoms with Gasteiger partial charge in [0.15, 0.2) is 0 Å². The molecule has 2 N–H and O–H groups in total. The first-order valence-electron chi connectivity index (χ1n) is 6.27. The van der Waals surface area contributed by atoms with Gasteiger partial charge in [0.05, 0.1) is 4.92 Å². The molecule has 110 valence electrons. The minimum Gasteiger partial charge on any atom is -0.357 e. The van der Waals surface area contributed by atoms with Crippen molar-refractivity contribution in [3.8, 4) is 0 Å². The summed E-state index contributed by atoms with van der Waals surface area (Å²) in [5.74, 6) is 0.278. The Labute approximate surface area is 120 Å². The van der Waals surface area contributed by atoms with Crippen LogP contribution in [0.5, 0.6) is 0 Å². The fourth-order valence-electron chi connectivity index (χ4n) is 1.73. The molecule has 1 heterocycles. The molecule has 0 bridgehead atoms. The van der Waals surface area contributed by atoms with Gasteiger partial charge in [-0.25, -0.2) is 0 Å². The molecular weight excluding hydrogens is 274 g/mol.